The van der Waals surface area contributed by atoms with Crippen molar-refractivity contribution in [2.45, 2.75) is 19.6 Å². The Morgan fingerprint density at radius 3 is 2.44 bits per heavy atom. The van der Waals surface area contributed by atoms with Gasteiger partial charge in [-0.3, -0.25) is 9.59 Å². The smallest absolute Gasteiger partial charge is 0.243 e. The average Bonchev–Trinajstić information content (AvgIpc) is 2.57. The first-order valence-electron chi connectivity index (χ1n) is 7.90. The molecule has 0 saturated carbocycles. The Kier molecular flexibility index (Phi) is 7.52. The molecule has 0 aliphatic heterocycles. The third-order valence-electron chi connectivity index (χ3n) is 3.53. The Bertz CT molecular complexity index is 748. The van der Waals surface area contributed by atoms with Crippen LogP contribution in [0.15, 0.2) is 46.9 Å². The molecule has 2 aromatic rings. The van der Waals surface area contributed by atoms with Crippen LogP contribution >= 0.6 is 27.7 Å². The average molecular weight is 421 g/mol. The van der Waals surface area contributed by atoms with Crippen molar-refractivity contribution in [2.75, 3.05) is 17.6 Å². The fourth-order valence-corrected chi connectivity index (χ4v) is 3.43. The lowest BCUT2D eigenvalue weighted by Gasteiger charge is -2.09. The summed E-state index contributed by atoms with van der Waals surface area (Å²) in [7, 11) is 0. The van der Waals surface area contributed by atoms with E-state index in [2.05, 4.69) is 50.8 Å². The summed E-state index contributed by atoms with van der Waals surface area (Å²) in [5, 5.41) is 5.45. The Balaban J connectivity index is 1.68. The minimum Gasteiger partial charge on any atom is -0.346 e. The van der Waals surface area contributed by atoms with E-state index in [9.17, 15) is 9.59 Å². The van der Waals surface area contributed by atoms with Gasteiger partial charge >= 0.3 is 0 Å². The fraction of sp³-hybridized carbons (Fsp3) is 0.263. The number of anilines is 1. The van der Waals surface area contributed by atoms with E-state index in [4.69, 9.17) is 0 Å². The number of carbonyl (C=O) groups is 2. The molecule has 6 heteroatoms. The molecular formula is C19H21BrN2O2S. The molecule has 0 bridgehead atoms. The first-order chi connectivity index (χ1) is 11.9. The van der Waals surface area contributed by atoms with Crippen molar-refractivity contribution in [2.24, 2.45) is 0 Å². The fourth-order valence-electron chi connectivity index (χ4n) is 2.14. The van der Waals surface area contributed by atoms with E-state index >= 15 is 0 Å². The number of hydrogen-bond donors (Lipinski definition) is 2. The van der Waals surface area contributed by atoms with Crippen LogP contribution in [-0.2, 0) is 15.3 Å². The monoisotopic (exact) mass is 420 g/mol. The van der Waals surface area contributed by atoms with Gasteiger partial charge in [-0.15, -0.1) is 11.8 Å². The molecule has 0 fully saturated rings. The van der Waals surface area contributed by atoms with Crippen molar-refractivity contribution in [3.05, 3.63) is 63.6 Å². The molecule has 132 valence electrons. The summed E-state index contributed by atoms with van der Waals surface area (Å²) >= 11 is 4.92. The Hall–Kier alpha value is -1.79. The van der Waals surface area contributed by atoms with Crippen molar-refractivity contribution < 1.29 is 9.59 Å². The number of thioether (sulfide) groups is 1. The van der Waals surface area contributed by atoms with Crippen LogP contribution in [0.3, 0.4) is 0 Å². The molecule has 2 N–H and O–H groups in total. The summed E-state index contributed by atoms with van der Waals surface area (Å²) in [6.45, 7) is 3.94. The number of carbonyl (C=O) groups excluding carboxylic acids is 2. The zero-order valence-electron chi connectivity index (χ0n) is 14.3. The van der Waals surface area contributed by atoms with Crippen LogP contribution in [0.1, 0.15) is 16.7 Å². The van der Waals surface area contributed by atoms with E-state index in [0.717, 1.165) is 21.5 Å². The first kappa shape index (κ1) is 19.5. The van der Waals surface area contributed by atoms with Crippen LogP contribution in [0.4, 0.5) is 5.69 Å². The Labute approximate surface area is 160 Å². The number of benzene rings is 2. The first-order valence-corrected chi connectivity index (χ1v) is 9.85. The quantitative estimate of drug-likeness (QED) is 0.709. The lowest BCUT2D eigenvalue weighted by Crippen LogP contribution is -2.34. The van der Waals surface area contributed by atoms with Gasteiger partial charge in [-0.1, -0.05) is 45.8 Å². The summed E-state index contributed by atoms with van der Waals surface area (Å²) in [4.78, 5) is 23.8. The van der Waals surface area contributed by atoms with E-state index in [1.54, 1.807) is 0 Å². The highest BCUT2D eigenvalue weighted by molar-refractivity contribution is 9.10. The van der Waals surface area contributed by atoms with Crippen molar-refractivity contribution in [3.8, 4) is 0 Å². The highest BCUT2D eigenvalue weighted by Gasteiger charge is 2.08. The molecular weight excluding hydrogens is 400 g/mol. The number of nitrogens with one attached hydrogen (secondary N) is 2. The van der Waals surface area contributed by atoms with Gasteiger partial charge in [-0.25, -0.2) is 0 Å². The van der Waals surface area contributed by atoms with Gasteiger partial charge in [0.15, 0.2) is 0 Å². The highest BCUT2D eigenvalue weighted by Crippen LogP contribution is 2.19. The standard InChI is InChI=1S/C19H21BrN2O2S/c1-13-3-5-15(6-4-13)11-25-12-19(24)21-10-18(23)22-17-8-7-16(20)9-14(17)2/h3-9H,10-12H2,1-2H3,(H,21,24)(H,22,23). The molecule has 25 heavy (non-hydrogen) atoms. The number of hydrogen-bond acceptors (Lipinski definition) is 3. The normalized spacial score (nSPS) is 10.4. The number of halogens is 1. The van der Waals surface area contributed by atoms with Crippen LogP contribution in [0.25, 0.3) is 0 Å². The van der Waals surface area contributed by atoms with Gasteiger partial charge in [0.1, 0.15) is 0 Å². The molecule has 0 aliphatic carbocycles. The third-order valence-corrected chi connectivity index (χ3v) is 5.03. The van der Waals surface area contributed by atoms with E-state index < -0.39 is 0 Å². The second-order valence-corrected chi connectivity index (χ2v) is 7.66. The molecule has 2 aromatic carbocycles. The zero-order chi connectivity index (χ0) is 18.2. The molecule has 2 amide bonds. The summed E-state index contributed by atoms with van der Waals surface area (Å²) in [5.41, 5.74) is 4.12. The summed E-state index contributed by atoms with van der Waals surface area (Å²) in [5.74, 6) is 0.735. The highest BCUT2D eigenvalue weighted by atomic mass is 79.9. The number of rotatable bonds is 7. The van der Waals surface area contributed by atoms with Gasteiger partial charge in [0.25, 0.3) is 0 Å². The summed E-state index contributed by atoms with van der Waals surface area (Å²) < 4.78 is 0.960. The molecule has 0 saturated heterocycles. The van der Waals surface area contributed by atoms with Crippen LogP contribution in [0, 0.1) is 13.8 Å². The van der Waals surface area contributed by atoms with E-state index in [1.807, 2.05) is 32.0 Å². The zero-order valence-corrected chi connectivity index (χ0v) is 16.7. The molecule has 4 nitrogen and oxygen atoms in total. The second-order valence-electron chi connectivity index (χ2n) is 5.76. The van der Waals surface area contributed by atoms with Crippen LogP contribution < -0.4 is 10.6 Å². The molecule has 0 radical (unpaired) electrons. The van der Waals surface area contributed by atoms with Crippen LogP contribution in [0.5, 0.6) is 0 Å². The van der Waals surface area contributed by atoms with Crippen molar-refractivity contribution in [1.82, 2.24) is 5.32 Å². The largest absolute Gasteiger partial charge is 0.346 e. The number of aryl methyl sites for hydroxylation is 2. The molecule has 0 spiro atoms. The van der Waals surface area contributed by atoms with Crippen molar-refractivity contribution in [3.63, 3.8) is 0 Å². The van der Waals surface area contributed by atoms with Gasteiger partial charge in [0.05, 0.1) is 12.3 Å². The number of amides is 2. The van der Waals surface area contributed by atoms with Gasteiger partial charge in [0.2, 0.25) is 11.8 Å². The summed E-state index contributed by atoms with van der Waals surface area (Å²) in [6, 6.07) is 13.9. The van der Waals surface area contributed by atoms with E-state index in [0.29, 0.717) is 5.75 Å². The molecule has 0 aromatic heterocycles. The van der Waals surface area contributed by atoms with E-state index in [1.165, 1.54) is 22.9 Å². The van der Waals surface area contributed by atoms with Crippen LogP contribution in [0.2, 0.25) is 0 Å². The maximum absolute atomic E-state index is 11.9. The Morgan fingerprint density at radius 2 is 1.76 bits per heavy atom. The molecule has 0 unspecified atom stereocenters. The lowest BCUT2D eigenvalue weighted by molar-refractivity contribution is -0.122. The SMILES string of the molecule is Cc1ccc(CSCC(=O)NCC(=O)Nc2ccc(Br)cc2C)cc1. The van der Waals surface area contributed by atoms with Crippen molar-refractivity contribution in [1.29, 1.82) is 0 Å². The maximum Gasteiger partial charge on any atom is 0.243 e. The third kappa shape index (κ3) is 6.92. The predicted octanol–water partition coefficient (Wildman–Crippen LogP) is 4.05. The van der Waals surface area contributed by atoms with Gasteiger partial charge < -0.3 is 10.6 Å². The molecule has 2 rings (SSSR count). The van der Waals surface area contributed by atoms with Crippen LogP contribution in [-0.4, -0.2) is 24.1 Å². The van der Waals surface area contributed by atoms with Gasteiger partial charge in [-0.2, -0.15) is 0 Å². The minimum absolute atomic E-state index is 0.0283. The Morgan fingerprint density at radius 1 is 1.04 bits per heavy atom. The molecule has 0 atom stereocenters. The second kappa shape index (κ2) is 9.63. The lowest BCUT2D eigenvalue weighted by atomic mass is 10.2. The maximum atomic E-state index is 11.9. The van der Waals surface area contributed by atoms with Gasteiger partial charge in [-0.05, 0) is 43.2 Å². The van der Waals surface area contributed by atoms with E-state index in [-0.39, 0.29) is 18.4 Å². The summed E-state index contributed by atoms with van der Waals surface area (Å²) in [6.07, 6.45) is 0. The minimum atomic E-state index is -0.234. The topological polar surface area (TPSA) is 58.2 Å². The van der Waals surface area contributed by atoms with Gasteiger partial charge in [0, 0.05) is 15.9 Å². The predicted molar refractivity (Wildman–Crippen MR) is 108 cm³/mol. The van der Waals surface area contributed by atoms with Crippen molar-refractivity contribution >= 4 is 45.2 Å². The molecule has 0 aliphatic rings. The molecule has 0 heterocycles.